The molecule has 2 heterocycles. The second-order valence-corrected chi connectivity index (χ2v) is 13.4. The number of carbonyl (C=O) groups is 1. The zero-order valence-corrected chi connectivity index (χ0v) is 26.8. The maximum Gasteiger partial charge on any atom is 0.338 e. The van der Waals surface area contributed by atoms with Gasteiger partial charge in [-0.25, -0.2) is 9.78 Å². The Balaban J connectivity index is 1.06. The van der Waals surface area contributed by atoms with Gasteiger partial charge in [-0.15, -0.1) is 0 Å². The topological polar surface area (TPSA) is 95.7 Å². The Morgan fingerprint density at radius 1 is 1.12 bits per heavy atom. The molecule has 228 valence electrons. The molecule has 0 atom stereocenters. The van der Waals surface area contributed by atoms with Gasteiger partial charge in [0, 0.05) is 23.6 Å². The molecule has 0 aliphatic heterocycles. The molecule has 2 aromatic heterocycles. The van der Waals surface area contributed by atoms with Crippen molar-refractivity contribution in [1.82, 2.24) is 10.1 Å². The third-order valence-corrected chi connectivity index (χ3v) is 9.60. The van der Waals surface area contributed by atoms with Crippen LogP contribution in [0.3, 0.4) is 0 Å². The quantitative estimate of drug-likeness (QED) is 0.162. The van der Waals surface area contributed by atoms with Crippen molar-refractivity contribution in [3.05, 3.63) is 57.3 Å². The van der Waals surface area contributed by atoms with Crippen LogP contribution in [-0.4, -0.2) is 42.0 Å². The molecule has 0 radical (unpaired) electrons. The van der Waals surface area contributed by atoms with Gasteiger partial charge in [-0.2, -0.15) is 0 Å². The van der Waals surface area contributed by atoms with Crippen LogP contribution < -0.4 is 10.1 Å². The van der Waals surface area contributed by atoms with Crippen LogP contribution >= 0.6 is 34.5 Å². The van der Waals surface area contributed by atoms with E-state index in [0.717, 1.165) is 71.7 Å². The number of fused-ring (bicyclic) bond motifs is 1. The third-order valence-electron chi connectivity index (χ3n) is 8.01. The zero-order chi connectivity index (χ0) is 30.1. The van der Waals surface area contributed by atoms with Crippen LogP contribution in [0.4, 0.5) is 5.13 Å². The van der Waals surface area contributed by atoms with E-state index < -0.39 is 5.97 Å². The molecule has 2 aliphatic carbocycles. The van der Waals surface area contributed by atoms with E-state index in [1.807, 2.05) is 38.1 Å². The number of halogens is 2. The minimum absolute atomic E-state index is 0.0443. The number of anilines is 1. The van der Waals surface area contributed by atoms with E-state index in [2.05, 4.69) is 10.5 Å². The number of ether oxygens (including phenoxy) is 3. The summed E-state index contributed by atoms with van der Waals surface area (Å²) in [6.45, 7) is 5.16. The number of aromatic nitrogens is 2. The molecule has 43 heavy (non-hydrogen) atoms. The molecule has 0 spiro atoms. The van der Waals surface area contributed by atoms with Crippen LogP contribution in [0.15, 0.2) is 34.9 Å². The predicted molar refractivity (Wildman–Crippen MR) is 170 cm³/mol. The van der Waals surface area contributed by atoms with E-state index >= 15 is 0 Å². The van der Waals surface area contributed by atoms with Gasteiger partial charge in [-0.05, 0) is 82.6 Å². The van der Waals surface area contributed by atoms with Gasteiger partial charge in [-0.1, -0.05) is 45.8 Å². The summed E-state index contributed by atoms with van der Waals surface area (Å²) in [5.74, 6) is 2.01. The van der Waals surface area contributed by atoms with E-state index in [9.17, 15) is 4.79 Å². The Morgan fingerprint density at radius 3 is 2.53 bits per heavy atom. The summed E-state index contributed by atoms with van der Waals surface area (Å²) in [5, 5.41) is 9.83. The SMILES string of the molecule is COC(=O)c1cc(OC(C)C)c2nc(NCC3CCC(OCc4c(-c5c(Cl)cccc5Cl)noc4C4CC4)CC3)sc2c1. The van der Waals surface area contributed by atoms with E-state index in [1.165, 1.54) is 18.4 Å². The Hall–Kier alpha value is -2.85. The van der Waals surface area contributed by atoms with Gasteiger partial charge >= 0.3 is 5.97 Å². The fourth-order valence-electron chi connectivity index (χ4n) is 5.64. The molecule has 2 aliphatic rings. The number of nitrogens with zero attached hydrogens (tertiary/aromatic N) is 2. The Morgan fingerprint density at radius 2 is 1.86 bits per heavy atom. The van der Waals surface area contributed by atoms with Crippen molar-refractivity contribution < 1.29 is 23.5 Å². The van der Waals surface area contributed by atoms with Gasteiger partial charge in [0.1, 0.15) is 22.7 Å². The Bertz CT molecular complexity index is 1590. The maximum absolute atomic E-state index is 12.2. The molecule has 6 rings (SSSR count). The minimum Gasteiger partial charge on any atom is -0.489 e. The van der Waals surface area contributed by atoms with Gasteiger partial charge in [-0.3, -0.25) is 0 Å². The molecular formula is C32H35Cl2N3O5S. The smallest absolute Gasteiger partial charge is 0.338 e. The maximum atomic E-state index is 12.2. The van der Waals surface area contributed by atoms with E-state index in [4.69, 9.17) is 46.9 Å². The predicted octanol–water partition coefficient (Wildman–Crippen LogP) is 8.90. The van der Waals surface area contributed by atoms with Crippen LogP contribution in [0, 0.1) is 5.92 Å². The summed E-state index contributed by atoms with van der Waals surface area (Å²) >= 11 is 14.5. The molecule has 0 amide bonds. The average molecular weight is 645 g/mol. The van der Waals surface area contributed by atoms with Crippen LogP contribution in [0.1, 0.15) is 80.0 Å². The standard InChI is InChI=1S/C32H35Cl2N3O5S/c1-17(2)41-25-13-20(31(38)39-3)14-26-29(25)36-32(43-26)35-15-18-7-11-21(12-8-18)40-16-22-28(37-42-30(22)19-9-10-19)27-23(33)5-4-6-24(27)34/h4-6,13-14,17-19,21H,7-12,15-16H2,1-3H3,(H,35,36). The lowest BCUT2D eigenvalue weighted by Crippen LogP contribution is -2.25. The molecule has 0 saturated heterocycles. The lowest BCUT2D eigenvalue weighted by molar-refractivity contribution is 0.00788. The number of benzene rings is 2. The molecule has 2 aromatic carbocycles. The first-order chi connectivity index (χ1) is 20.8. The fourth-order valence-corrected chi connectivity index (χ4v) is 7.14. The molecule has 11 heteroatoms. The van der Waals surface area contributed by atoms with Crippen molar-refractivity contribution >= 4 is 55.9 Å². The number of hydrogen-bond donors (Lipinski definition) is 1. The first-order valence-corrected chi connectivity index (χ1v) is 16.4. The molecular weight excluding hydrogens is 609 g/mol. The monoisotopic (exact) mass is 643 g/mol. The summed E-state index contributed by atoms with van der Waals surface area (Å²) in [5.41, 5.74) is 3.56. The summed E-state index contributed by atoms with van der Waals surface area (Å²) < 4.78 is 24.0. The van der Waals surface area contributed by atoms with Gasteiger partial charge in [0.25, 0.3) is 0 Å². The summed E-state index contributed by atoms with van der Waals surface area (Å²) in [6, 6.07) is 8.99. The van der Waals surface area contributed by atoms with Crippen molar-refractivity contribution in [2.75, 3.05) is 19.0 Å². The molecule has 2 fully saturated rings. The van der Waals surface area contributed by atoms with E-state index in [1.54, 1.807) is 6.07 Å². The number of carbonyl (C=O) groups excluding carboxylic acids is 1. The van der Waals surface area contributed by atoms with Gasteiger partial charge < -0.3 is 24.1 Å². The normalized spacial score (nSPS) is 18.7. The number of esters is 1. The summed E-state index contributed by atoms with van der Waals surface area (Å²) in [7, 11) is 1.38. The number of thiazole rings is 1. The van der Waals surface area contributed by atoms with E-state index in [0.29, 0.717) is 51.1 Å². The van der Waals surface area contributed by atoms with Gasteiger partial charge in [0.15, 0.2) is 5.13 Å². The Kier molecular flexibility index (Phi) is 9.14. The molecule has 0 bridgehead atoms. The Labute approximate surface area is 265 Å². The zero-order valence-electron chi connectivity index (χ0n) is 24.5. The number of rotatable bonds is 11. The average Bonchev–Trinajstić information content (AvgIpc) is 3.61. The second kappa shape index (κ2) is 13.0. The summed E-state index contributed by atoms with van der Waals surface area (Å²) in [6.07, 6.45) is 6.39. The highest BCUT2D eigenvalue weighted by Gasteiger charge is 2.34. The highest BCUT2D eigenvalue weighted by atomic mass is 35.5. The minimum atomic E-state index is -0.394. The van der Waals surface area contributed by atoms with Crippen LogP contribution in [0.5, 0.6) is 5.75 Å². The van der Waals surface area contributed by atoms with Crippen molar-refractivity contribution in [2.45, 2.75) is 77.1 Å². The van der Waals surface area contributed by atoms with Crippen LogP contribution in [-0.2, 0) is 16.1 Å². The molecule has 1 N–H and O–H groups in total. The largest absolute Gasteiger partial charge is 0.489 e. The van der Waals surface area contributed by atoms with E-state index in [-0.39, 0.29) is 12.2 Å². The van der Waals surface area contributed by atoms with Crippen molar-refractivity contribution in [3.63, 3.8) is 0 Å². The lowest BCUT2D eigenvalue weighted by Gasteiger charge is -2.28. The number of methoxy groups -OCH3 is 1. The van der Waals surface area contributed by atoms with Crippen molar-refractivity contribution in [2.24, 2.45) is 5.92 Å². The fraction of sp³-hybridized carbons (Fsp3) is 0.469. The van der Waals surface area contributed by atoms with Crippen molar-refractivity contribution in [1.29, 1.82) is 0 Å². The molecule has 4 aromatic rings. The van der Waals surface area contributed by atoms with Crippen molar-refractivity contribution in [3.8, 4) is 17.0 Å². The lowest BCUT2D eigenvalue weighted by atomic mass is 9.87. The first kappa shape index (κ1) is 30.2. The third kappa shape index (κ3) is 6.80. The second-order valence-electron chi connectivity index (χ2n) is 11.6. The summed E-state index contributed by atoms with van der Waals surface area (Å²) in [4.78, 5) is 17.0. The molecule has 2 saturated carbocycles. The van der Waals surface area contributed by atoms with Gasteiger partial charge in [0.2, 0.25) is 0 Å². The first-order valence-electron chi connectivity index (χ1n) is 14.8. The number of hydrogen-bond acceptors (Lipinski definition) is 9. The number of nitrogens with one attached hydrogen (secondary N) is 1. The van der Waals surface area contributed by atoms with Crippen LogP contribution in [0.2, 0.25) is 10.0 Å². The highest BCUT2D eigenvalue weighted by molar-refractivity contribution is 7.22. The van der Waals surface area contributed by atoms with Crippen LogP contribution in [0.25, 0.3) is 21.5 Å². The van der Waals surface area contributed by atoms with Gasteiger partial charge in [0.05, 0.1) is 46.2 Å². The molecule has 0 unspecified atom stereocenters. The highest BCUT2D eigenvalue weighted by Crippen LogP contribution is 2.46. The molecule has 8 nitrogen and oxygen atoms in total.